The van der Waals surface area contributed by atoms with Gasteiger partial charge in [0.2, 0.25) is 0 Å². The second-order valence-corrected chi connectivity index (χ2v) is 4.01. The minimum Gasteiger partial charge on any atom is -0.380 e. The number of benzene rings is 1. The lowest BCUT2D eigenvalue weighted by Gasteiger charge is -2.16. The number of hydrogen-bond donors (Lipinski definition) is 1. The van der Waals surface area contributed by atoms with Crippen LogP contribution in [0.15, 0.2) is 18.2 Å². The molecule has 96 valence electrons. The third kappa shape index (κ3) is 4.79. The van der Waals surface area contributed by atoms with Crippen LogP contribution in [0.25, 0.3) is 0 Å². The summed E-state index contributed by atoms with van der Waals surface area (Å²) < 4.78 is 31.2. The summed E-state index contributed by atoms with van der Waals surface area (Å²) in [5.41, 5.74) is 0.767. The van der Waals surface area contributed by atoms with Crippen molar-refractivity contribution in [1.82, 2.24) is 5.32 Å². The van der Waals surface area contributed by atoms with Crippen LogP contribution in [0.1, 0.15) is 18.9 Å². The van der Waals surface area contributed by atoms with Crippen LogP contribution in [0.4, 0.5) is 8.78 Å². The predicted molar refractivity (Wildman–Crippen MR) is 64.0 cm³/mol. The summed E-state index contributed by atoms with van der Waals surface area (Å²) in [7, 11) is 1.83. The lowest BCUT2D eigenvalue weighted by atomic mass is 10.1. The molecule has 0 saturated heterocycles. The van der Waals surface area contributed by atoms with Crippen LogP contribution in [0.5, 0.6) is 0 Å². The SMILES string of the molecule is CCCOCC(Cc1ccc(F)c(F)c1)NC. The smallest absolute Gasteiger partial charge is 0.159 e. The van der Waals surface area contributed by atoms with Gasteiger partial charge in [0.05, 0.1) is 6.61 Å². The van der Waals surface area contributed by atoms with Gasteiger partial charge in [0.1, 0.15) is 0 Å². The Morgan fingerprint density at radius 2 is 2.06 bits per heavy atom. The molecule has 1 rings (SSSR count). The van der Waals surface area contributed by atoms with Crippen molar-refractivity contribution in [2.45, 2.75) is 25.8 Å². The van der Waals surface area contributed by atoms with Crippen molar-refractivity contribution < 1.29 is 13.5 Å². The molecule has 2 nitrogen and oxygen atoms in total. The molecule has 17 heavy (non-hydrogen) atoms. The number of hydrogen-bond acceptors (Lipinski definition) is 2. The van der Waals surface area contributed by atoms with Gasteiger partial charge in [-0.3, -0.25) is 0 Å². The lowest BCUT2D eigenvalue weighted by molar-refractivity contribution is 0.114. The van der Waals surface area contributed by atoms with E-state index in [-0.39, 0.29) is 6.04 Å². The molecule has 1 aromatic carbocycles. The van der Waals surface area contributed by atoms with Crippen LogP contribution in [-0.2, 0) is 11.2 Å². The highest BCUT2D eigenvalue weighted by Crippen LogP contribution is 2.10. The van der Waals surface area contributed by atoms with Crippen molar-refractivity contribution >= 4 is 0 Å². The first kappa shape index (κ1) is 14.1. The molecule has 0 heterocycles. The van der Waals surface area contributed by atoms with Gasteiger partial charge < -0.3 is 10.1 Å². The van der Waals surface area contributed by atoms with E-state index in [4.69, 9.17) is 4.74 Å². The van der Waals surface area contributed by atoms with E-state index in [0.717, 1.165) is 24.7 Å². The summed E-state index contributed by atoms with van der Waals surface area (Å²) in [6.45, 7) is 3.34. The Morgan fingerprint density at radius 3 is 2.65 bits per heavy atom. The Labute approximate surface area is 101 Å². The number of halogens is 2. The zero-order valence-electron chi connectivity index (χ0n) is 10.3. The molecule has 0 aliphatic heterocycles. The van der Waals surface area contributed by atoms with E-state index < -0.39 is 11.6 Å². The number of ether oxygens (including phenoxy) is 1. The topological polar surface area (TPSA) is 21.3 Å². The predicted octanol–water partition coefficient (Wildman–Crippen LogP) is 2.52. The molecule has 1 atom stereocenters. The maximum absolute atomic E-state index is 13.0. The lowest BCUT2D eigenvalue weighted by Crippen LogP contribution is -2.32. The molecule has 1 aromatic rings. The molecule has 1 N–H and O–H groups in total. The maximum atomic E-state index is 13.0. The monoisotopic (exact) mass is 243 g/mol. The minimum atomic E-state index is -0.808. The first-order valence-electron chi connectivity index (χ1n) is 5.86. The highest BCUT2D eigenvalue weighted by atomic mass is 19.2. The molecule has 0 amide bonds. The molecule has 0 saturated carbocycles. The van der Waals surface area contributed by atoms with Crippen molar-refractivity contribution in [1.29, 1.82) is 0 Å². The van der Waals surface area contributed by atoms with Gasteiger partial charge in [0, 0.05) is 12.6 Å². The van der Waals surface area contributed by atoms with E-state index in [1.54, 1.807) is 6.07 Å². The number of rotatable bonds is 7. The fraction of sp³-hybridized carbons (Fsp3) is 0.538. The van der Waals surface area contributed by atoms with E-state index in [1.165, 1.54) is 6.07 Å². The van der Waals surface area contributed by atoms with Crippen molar-refractivity contribution in [3.8, 4) is 0 Å². The van der Waals surface area contributed by atoms with Crippen molar-refractivity contribution in [2.75, 3.05) is 20.3 Å². The van der Waals surface area contributed by atoms with Crippen LogP contribution >= 0.6 is 0 Å². The fourth-order valence-corrected chi connectivity index (χ4v) is 1.57. The summed E-state index contributed by atoms with van der Waals surface area (Å²) >= 11 is 0. The van der Waals surface area contributed by atoms with Gasteiger partial charge in [-0.25, -0.2) is 8.78 Å². The second-order valence-electron chi connectivity index (χ2n) is 4.01. The van der Waals surface area contributed by atoms with Gasteiger partial charge >= 0.3 is 0 Å². The third-order valence-electron chi connectivity index (χ3n) is 2.54. The average Bonchev–Trinajstić information content (AvgIpc) is 2.32. The van der Waals surface area contributed by atoms with Gasteiger partial charge in [0.15, 0.2) is 11.6 Å². The summed E-state index contributed by atoms with van der Waals surface area (Å²) in [5.74, 6) is -1.61. The van der Waals surface area contributed by atoms with E-state index in [0.29, 0.717) is 13.0 Å². The van der Waals surface area contributed by atoms with Crippen LogP contribution in [0.2, 0.25) is 0 Å². The molecule has 4 heteroatoms. The average molecular weight is 243 g/mol. The highest BCUT2D eigenvalue weighted by molar-refractivity contribution is 5.18. The zero-order chi connectivity index (χ0) is 12.7. The summed E-state index contributed by atoms with van der Waals surface area (Å²) in [5, 5.41) is 3.10. The standard InChI is InChI=1S/C13H19F2NO/c1-3-6-17-9-11(16-2)7-10-4-5-12(14)13(15)8-10/h4-5,8,11,16H,3,6-7,9H2,1-2H3. The van der Waals surface area contributed by atoms with Gasteiger partial charge in [0.25, 0.3) is 0 Å². The van der Waals surface area contributed by atoms with Crippen molar-refractivity contribution in [3.05, 3.63) is 35.4 Å². The molecule has 0 aliphatic rings. The second kappa shape index (κ2) is 7.35. The zero-order valence-corrected chi connectivity index (χ0v) is 10.3. The number of nitrogens with one attached hydrogen (secondary N) is 1. The summed E-state index contributed by atoms with van der Waals surface area (Å²) in [6, 6.07) is 4.11. The Morgan fingerprint density at radius 1 is 1.29 bits per heavy atom. The van der Waals surface area contributed by atoms with E-state index in [1.807, 2.05) is 14.0 Å². The summed E-state index contributed by atoms with van der Waals surface area (Å²) in [6.07, 6.45) is 1.60. The molecule has 0 aromatic heterocycles. The molecular formula is C13H19F2NO. The van der Waals surface area contributed by atoms with Crippen LogP contribution in [-0.4, -0.2) is 26.3 Å². The first-order valence-corrected chi connectivity index (χ1v) is 5.86. The van der Waals surface area contributed by atoms with Gasteiger partial charge in [-0.1, -0.05) is 13.0 Å². The van der Waals surface area contributed by atoms with Gasteiger partial charge in [-0.05, 0) is 37.6 Å². The van der Waals surface area contributed by atoms with Crippen molar-refractivity contribution in [2.24, 2.45) is 0 Å². The summed E-state index contributed by atoms with van der Waals surface area (Å²) in [4.78, 5) is 0. The quantitative estimate of drug-likeness (QED) is 0.743. The molecular weight excluding hydrogens is 224 g/mol. The van der Waals surface area contributed by atoms with E-state index in [9.17, 15) is 8.78 Å². The minimum absolute atomic E-state index is 0.117. The molecule has 0 bridgehead atoms. The van der Waals surface area contributed by atoms with E-state index in [2.05, 4.69) is 5.32 Å². The first-order chi connectivity index (χ1) is 8.17. The van der Waals surface area contributed by atoms with Crippen LogP contribution < -0.4 is 5.32 Å². The van der Waals surface area contributed by atoms with Crippen LogP contribution in [0.3, 0.4) is 0 Å². The van der Waals surface area contributed by atoms with Gasteiger partial charge in [-0.2, -0.15) is 0 Å². The molecule has 1 unspecified atom stereocenters. The van der Waals surface area contributed by atoms with Crippen molar-refractivity contribution in [3.63, 3.8) is 0 Å². The third-order valence-corrected chi connectivity index (χ3v) is 2.54. The molecule has 0 aliphatic carbocycles. The largest absolute Gasteiger partial charge is 0.380 e. The number of likely N-dealkylation sites (N-methyl/N-ethyl adjacent to an activating group) is 1. The maximum Gasteiger partial charge on any atom is 0.159 e. The molecule has 0 radical (unpaired) electrons. The Kier molecular flexibility index (Phi) is 6.08. The fourth-order valence-electron chi connectivity index (χ4n) is 1.57. The Bertz CT molecular complexity index is 344. The molecule has 0 spiro atoms. The normalized spacial score (nSPS) is 12.7. The highest BCUT2D eigenvalue weighted by Gasteiger charge is 2.09. The van der Waals surface area contributed by atoms with E-state index >= 15 is 0 Å². The Balaban J connectivity index is 2.51. The van der Waals surface area contributed by atoms with Crippen LogP contribution in [0, 0.1) is 11.6 Å². The Hall–Kier alpha value is -1.00. The van der Waals surface area contributed by atoms with Gasteiger partial charge in [-0.15, -0.1) is 0 Å². The molecule has 0 fully saturated rings.